The number of hydrogen-bond donors (Lipinski definition) is 0. The van der Waals surface area contributed by atoms with Gasteiger partial charge in [-0.3, -0.25) is 0 Å². The third-order valence-corrected chi connectivity index (χ3v) is 2.59. The molecule has 0 aliphatic rings. The summed E-state index contributed by atoms with van der Waals surface area (Å²) in [5.41, 5.74) is 2.39. The van der Waals surface area contributed by atoms with E-state index in [0.29, 0.717) is 5.92 Å². The standard InChI is InChI=1S/C13H16N2/c1-4-10-5-6-11-8-14-13(9(2)3)15-12(11)7-10/h5-9H,4H2,1-3H3. The van der Waals surface area contributed by atoms with Gasteiger partial charge >= 0.3 is 0 Å². The maximum absolute atomic E-state index is 4.57. The monoisotopic (exact) mass is 200 g/mol. The molecule has 2 heteroatoms. The molecule has 0 N–H and O–H groups in total. The molecule has 15 heavy (non-hydrogen) atoms. The van der Waals surface area contributed by atoms with Gasteiger partial charge in [-0.2, -0.15) is 0 Å². The van der Waals surface area contributed by atoms with Gasteiger partial charge in [0.15, 0.2) is 0 Å². The zero-order chi connectivity index (χ0) is 10.8. The molecule has 2 aromatic rings. The van der Waals surface area contributed by atoms with Crippen LogP contribution in [0, 0.1) is 0 Å². The van der Waals surface area contributed by atoms with Crippen LogP contribution in [0.1, 0.15) is 38.1 Å². The first kappa shape index (κ1) is 10.1. The number of fused-ring (bicyclic) bond motifs is 1. The Bertz CT molecular complexity index is 475. The average molecular weight is 200 g/mol. The van der Waals surface area contributed by atoms with E-state index in [1.54, 1.807) is 0 Å². The Hall–Kier alpha value is -1.44. The smallest absolute Gasteiger partial charge is 0.131 e. The topological polar surface area (TPSA) is 25.8 Å². The molecule has 0 spiro atoms. The normalized spacial score (nSPS) is 11.2. The van der Waals surface area contributed by atoms with Gasteiger partial charge in [0.2, 0.25) is 0 Å². The van der Waals surface area contributed by atoms with Gasteiger partial charge in [0.25, 0.3) is 0 Å². The molecule has 1 aromatic heterocycles. The number of aromatic nitrogens is 2. The van der Waals surface area contributed by atoms with E-state index < -0.39 is 0 Å². The molecular formula is C13H16N2. The van der Waals surface area contributed by atoms with Gasteiger partial charge in [-0.1, -0.05) is 32.9 Å². The highest BCUT2D eigenvalue weighted by molar-refractivity contribution is 5.78. The summed E-state index contributed by atoms with van der Waals surface area (Å²) >= 11 is 0. The molecule has 0 amide bonds. The highest BCUT2D eigenvalue weighted by atomic mass is 14.9. The van der Waals surface area contributed by atoms with E-state index in [0.717, 1.165) is 23.1 Å². The third-order valence-electron chi connectivity index (χ3n) is 2.59. The SMILES string of the molecule is CCc1ccc2cnc(C(C)C)nc2c1. The van der Waals surface area contributed by atoms with Crippen molar-refractivity contribution in [3.05, 3.63) is 35.8 Å². The van der Waals surface area contributed by atoms with Crippen LogP contribution in [0.15, 0.2) is 24.4 Å². The summed E-state index contributed by atoms with van der Waals surface area (Å²) in [7, 11) is 0. The number of aryl methyl sites for hydroxylation is 1. The molecule has 0 radical (unpaired) electrons. The molecule has 0 fully saturated rings. The van der Waals surface area contributed by atoms with Gasteiger partial charge < -0.3 is 0 Å². The van der Waals surface area contributed by atoms with E-state index in [-0.39, 0.29) is 0 Å². The summed E-state index contributed by atoms with van der Waals surface area (Å²) < 4.78 is 0. The fourth-order valence-corrected chi connectivity index (χ4v) is 1.58. The molecule has 0 aliphatic heterocycles. The number of rotatable bonds is 2. The summed E-state index contributed by atoms with van der Waals surface area (Å²) in [4.78, 5) is 8.92. The summed E-state index contributed by atoms with van der Waals surface area (Å²) in [6, 6.07) is 6.39. The highest BCUT2D eigenvalue weighted by Gasteiger charge is 2.04. The molecule has 0 aliphatic carbocycles. The molecule has 2 nitrogen and oxygen atoms in total. The Balaban J connectivity index is 2.57. The maximum atomic E-state index is 4.57. The van der Waals surface area contributed by atoms with Gasteiger partial charge in [0.05, 0.1) is 5.52 Å². The first-order chi connectivity index (χ1) is 7.20. The van der Waals surface area contributed by atoms with Crippen LogP contribution >= 0.6 is 0 Å². The first-order valence-corrected chi connectivity index (χ1v) is 5.46. The summed E-state index contributed by atoms with van der Waals surface area (Å²) in [6.07, 6.45) is 2.97. The van der Waals surface area contributed by atoms with Crippen molar-refractivity contribution in [2.45, 2.75) is 33.1 Å². The molecule has 0 bridgehead atoms. The summed E-state index contributed by atoms with van der Waals surface area (Å²) in [5.74, 6) is 1.32. The fourth-order valence-electron chi connectivity index (χ4n) is 1.58. The molecule has 0 unspecified atom stereocenters. The quantitative estimate of drug-likeness (QED) is 0.743. The minimum absolute atomic E-state index is 0.389. The van der Waals surface area contributed by atoms with Gasteiger partial charge in [-0.25, -0.2) is 9.97 Å². The minimum atomic E-state index is 0.389. The van der Waals surface area contributed by atoms with E-state index in [4.69, 9.17) is 0 Å². The van der Waals surface area contributed by atoms with Crippen LogP contribution in [0.25, 0.3) is 10.9 Å². The van der Waals surface area contributed by atoms with Crippen LogP contribution in [0.5, 0.6) is 0 Å². The van der Waals surface area contributed by atoms with E-state index >= 15 is 0 Å². The third kappa shape index (κ3) is 1.99. The summed E-state index contributed by atoms with van der Waals surface area (Å²) in [6.45, 7) is 6.39. The van der Waals surface area contributed by atoms with Crippen molar-refractivity contribution in [3.8, 4) is 0 Å². The van der Waals surface area contributed by atoms with Crippen molar-refractivity contribution in [1.82, 2.24) is 9.97 Å². The Morgan fingerprint density at radius 2 is 2.07 bits per heavy atom. The Kier molecular flexibility index (Phi) is 2.67. The van der Waals surface area contributed by atoms with Gasteiger partial charge in [-0.05, 0) is 18.1 Å². The second-order valence-corrected chi connectivity index (χ2v) is 4.13. The van der Waals surface area contributed by atoms with Crippen LogP contribution in [0.3, 0.4) is 0 Å². The zero-order valence-corrected chi connectivity index (χ0v) is 9.49. The Morgan fingerprint density at radius 3 is 2.73 bits per heavy atom. The van der Waals surface area contributed by atoms with E-state index in [2.05, 4.69) is 48.9 Å². The predicted octanol–water partition coefficient (Wildman–Crippen LogP) is 3.32. The first-order valence-electron chi connectivity index (χ1n) is 5.46. The van der Waals surface area contributed by atoms with Gasteiger partial charge in [0.1, 0.15) is 5.82 Å². The lowest BCUT2D eigenvalue weighted by Gasteiger charge is -2.05. The van der Waals surface area contributed by atoms with Gasteiger partial charge in [0, 0.05) is 17.5 Å². The number of benzene rings is 1. The van der Waals surface area contributed by atoms with Crippen LogP contribution in [-0.2, 0) is 6.42 Å². The molecule has 0 atom stereocenters. The molecule has 1 aromatic carbocycles. The minimum Gasteiger partial charge on any atom is -0.240 e. The van der Waals surface area contributed by atoms with Crippen molar-refractivity contribution in [2.24, 2.45) is 0 Å². The maximum Gasteiger partial charge on any atom is 0.131 e. The predicted molar refractivity (Wildman–Crippen MR) is 63.0 cm³/mol. The molecular weight excluding hydrogens is 184 g/mol. The lowest BCUT2D eigenvalue weighted by atomic mass is 10.1. The Labute approximate surface area is 90.4 Å². The average Bonchev–Trinajstić information content (AvgIpc) is 2.27. The van der Waals surface area contributed by atoms with Crippen molar-refractivity contribution < 1.29 is 0 Å². The second-order valence-electron chi connectivity index (χ2n) is 4.13. The molecule has 78 valence electrons. The van der Waals surface area contributed by atoms with E-state index in [9.17, 15) is 0 Å². The lowest BCUT2D eigenvalue weighted by Crippen LogP contribution is -1.97. The largest absolute Gasteiger partial charge is 0.240 e. The number of hydrogen-bond acceptors (Lipinski definition) is 2. The molecule has 0 saturated heterocycles. The lowest BCUT2D eigenvalue weighted by molar-refractivity contribution is 0.783. The molecule has 1 heterocycles. The van der Waals surface area contributed by atoms with Crippen molar-refractivity contribution in [2.75, 3.05) is 0 Å². The summed E-state index contributed by atoms with van der Waals surface area (Å²) in [5, 5.41) is 1.12. The second kappa shape index (κ2) is 3.97. The molecule has 2 rings (SSSR count). The zero-order valence-electron chi connectivity index (χ0n) is 9.49. The number of nitrogens with zero attached hydrogens (tertiary/aromatic N) is 2. The van der Waals surface area contributed by atoms with E-state index in [1.165, 1.54) is 5.56 Å². The van der Waals surface area contributed by atoms with Crippen LogP contribution in [-0.4, -0.2) is 9.97 Å². The van der Waals surface area contributed by atoms with Gasteiger partial charge in [-0.15, -0.1) is 0 Å². The van der Waals surface area contributed by atoms with Crippen molar-refractivity contribution >= 4 is 10.9 Å². The van der Waals surface area contributed by atoms with E-state index in [1.807, 2.05) is 6.20 Å². The van der Waals surface area contributed by atoms with Crippen molar-refractivity contribution in [1.29, 1.82) is 0 Å². The Morgan fingerprint density at radius 1 is 1.27 bits per heavy atom. The van der Waals surface area contributed by atoms with Crippen LogP contribution in [0.2, 0.25) is 0 Å². The molecule has 0 saturated carbocycles. The van der Waals surface area contributed by atoms with Crippen LogP contribution < -0.4 is 0 Å². The fraction of sp³-hybridized carbons (Fsp3) is 0.385. The highest BCUT2D eigenvalue weighted by Crippen LogP contribution is 2.16. The van der Waals surface area contributed by atoms with Crippen LogP contribution in [0.4, 0.5) is 0 Å². The van der Waals surface area contributed by atoms with Crippen molar-refractivity contribution in [3.63, 3.8) is 0 Å².